The highest BCUT2D eigenvalue weighted by Gasteiger charge is 2.34. The Balaban J connectivity index is 1.56. The first-order valence-corrected chi connectivity index (χ1v) is 8.07. The number of nitrogens with one attached hydrogen (secondary N) is 1. The molecule has 2 atom stereocenters. The van der Waals surface area contributed by atoms with Crippen LogP contribution in [0.1, 0.15) is 37.3 Å². The monoisotopic (exact) mass is 270 g/mol. The average Bonchev–Trinajstić information content (AvgIpc) is 3.09. The highest BCUT2D eigenvalue weighted by atomic mass is 32.1. The molecule has 98 valence electrons. The van der Waals surface area contributed by atoms with E-state index in [9.17, 15) is 0 Å². The van der Waals surface area contributed by atoms with Crippen molar-refractivity contribution in [2.45, 2.75) is 43.7 Å². The van der Waals surface area contributed by atoms with Gasteiger partial charge in [0.2, 0.25) is 0 Å². The molecule has 0 aromatic carbocycles. The van der Waals surface area contributed by atoms with Crippen molar-refractivity contribution in [2.75, 3.05) is 0 Å². The predicted molar refractivity (Wildman–Crippen MR) is 79.5 cm³/mol. The number of hydrogen-bond donors (Lipinski definition) is 1. The second-order valence-corrected chi connectivity index (χ2v) is 6.57. The smallest absolute Gasteiger partial charge is 0.0436 e. The zero-order valence-corrected chi connectivity index (χ0v) is 11.7. The minimum Gasteiger partial charge on any atom is -0.311 e. The van der Waals surface area contributed by atoms with Crippen molar-refractivity contribution >= 4 is 11.3 Å². The van der Waals surface area contributed by atoms with Crippen molar-refractivity contribution < 1.29 is 0 Å². The first-order valence-electron chi connectivity index (χ1n) is 7.13. The molecule has 2 fully saturated rings. The van der Waals surface area contributed by atoms with E-state index < -0.39 is 0 Å². The van der Waals surface area contributed by atoms with Gasteiger partial charge in [-0.2, -0.15) is 11.3 Å². The summed E-state index contributed by atoms with van der Waals surface area (Å²) in [7, 11) is 0. The van der Waals surface area contributed by atoms with E-state index in [1.165, 1.54) is 42.5 Å². The molecule has 4 heterocycles. The molecule has 2 saturated heterocycles. The number of fused-ring (bicyclic) bond motifs is 2. The van der Waals surface area contributed by atoms with Crippen LogP contribution < -0.4 is 5.32 Å². The van der Waals surface area contributed by atoms with Crippen LogP contribution in [0.15, 0.2) is 35.2 Å². The van der Waals surface area contributed by atoms with Gasteiger partial charge in [-0.1, -0.05) is 6.07 Å². The fourth-order valence-electron chi connectivity index (χ4n) is 3.55. The van der Waals surface area contributed by atoms with Crippen LogP contribution in [0.2, 0.25) is 0 Å². The van der Waals surface area contributed by atoms with Crippen LogP contribution in [-0.4, -0.2) is 17.1 Å². The Hall–Kier alpha value is -1.19. The Morgan fingerprint density at radius 2 is 1.89 bits per heavy atom. The van der Waals surface area contributed by atoms with Crippen LogP contribution in [-0.2, 0) is 0 Å². The Kier molecular flexibility index (Phi) is 2.89. The summed E-state index contributed by atoms with van der Waals surface area (Å²) in [4.78, 5) is 4.73. The van der Waals surface area contributed by atoms with Gasteiger partial charge in [0.1, 0.15) is 0 Å². The molecule has 2 nitrogen and oxygen atoms in total. The molecule has 2 aromatic rings. The van der Waals surface area contributed by atoms with Crippen LogP contribution in [0.3, 0.4) is 0 Å². The largest absolute Gasteiger partial charge is 0.311 e. The molecule has 1 N–H and O–H groups in total. The molecule has 0 aliphatic carbocycles. The second-order valence-electron chi connectivity index (χ2n) is 5.79. The number of rotatable bonds is 2. The van der Waals surface area contributed by atoms with Crippen LogP contribution >= 0.6 is 11.3 Å². The maximum atomic E-state index is 4.73. The molecule has 0 amide bonds. The normalized spacial score (nSPS) is 29.6. The highest BCUT2D eigenvalue weighted by Crippen LogP contribution is 2.36. The maximum Gasteiger partial charge on any atom is 0.0436 e. The third kappa shape index (κ3) is 2.21. The maximum absolute atomic E-state index is 4.73. The number of aromatic nitrogens is 1. The summed E-state index contributed by atoms with van der Waals surface area (Å²) in [6, 6.07) is 8.10. The third-order valence-electron chi connectivity index (χ3n) is 4.53. The lowest BCUT2D eigenvalue weighted by Crippen LogP contribution is -2.37. The molecule has 0 saturated carbocycles. The van der Waals surface area contributed by atoms with E-state index >= 15 is 0 Å². The van der Waals surface area contributed by atoms with E-state index in [4.69, 9.17) is 4.98 Å². The van der Waals surface area contributed by atoms with Crippen molar-refractivity contribution in [3.05, 3.63) is 40.8 Å². The summed E-state index contributed by atoms with van der Waals surface area (Å²) < 4.78 is 0. The summed E-state index contributed by atoms with van der Waals surface area (Å²) >= 11 is 1.74. The van der Waals surface area contributed by atoms with Gasteiger partial charge in [-0.15, -0.1) is 0 Å². The van der Waals surface area contributed by atoms with E-state index in [0.29, 0.717) is 5.92 Å². The topological polar surface area (TPSA) is 24.9 Å². The number of piperidine rings is 1. The lowest BCUT2D eigenvalue weighted by Gasteiger charge is -2.28. The van der Waals surface area contributed by atoms with E-state index in [2.05, 4.69) is 34.3 Å². The zero-order valence-electron chi connectivity index (χ0n) is 10.9. The molecular weight excluding hydrogens is 252 g/mol. The van der Waals surface area contributed by atoms with Crippen molar-refractivity contribution in [1.29, 1.82) is 0 Å². The first kappa shape index (κ1) is 11.6. The molecule has 2 aromatic heterocycles. The molecular formula is C16H18N2S. The van der Waals surface area contributed by atoms with E-state index in [1.807, 2.05) is 6.20 Å². The van der Waals surface area contributed by atoms with Gasteiger partial charge in [-0.3, -0.25) is 4.98 Å². The molecule has 2 aliphatic rings. The van der Waals surface area contributed by atoms with Gasteiger partial charge in [0.05, 0.1) is 0 Å². The fourth-order valence-corrected chi connectivity index (χ4v) is 4.21. The van der Waals surface area contributed by atoms with Gasteiger partial charge in [-0.25, -0.2) is 0 Å². The number of nitrogens with zero attached hydrogens (tertiary/aromatic N) is 1. The van der Waals surface area contributed by atoms with Crippen molar-refractivity contribution in [2.24, 2.45) is 0 Å². The molecule has 3 heteroatoms. The van der Waals surface area contributed by atoms with E-state index in [-0.39, 0.29) is 0 Å². The number of pyridine rings is 1. The summed E-state index contributed by atoms with van der Waals surface area (Å²) in [6.07, 6.45) is 7.28. The first-order chi connectivity index (χ1) is 9.38. The Morgan fingerprint density at radius 3 is 2.53 bits per heavy atom. The van der Waals surface area contributed by atoms with Gasteiger partial charge in [0.25, 0.3) is 0 Å². The molecule has 0 spiro atoms. The molecule has 0 radical (unpaired) electrons. The Bertz CT molecular complexity index is 535. The van der Waals surface area contributed by atoms with E-state index in [0.717, 1.165) is 12.1 Å². The van der Waals surface area contributed by atoms with Crippen molar-refractivity contribution in [3.63, 3.8) is 0 Å². The summed E-state index contributed by atoms with van der Waals surface area (Å²) in [5, 5.41) is 8.00. The van der Waals surface area contributed by atoms with Gasteiger partial charge in [-0.05, 0) is 54.1 Å². The van der Waals surface area contributed by atoms with Crippen LogP contribution in [0.25, 0.3) is 11.1 Å². The summed E-state index contributed by atoms with van der Waals surface area (Å²) in [6.45, 7) is 0. The van der Waals surface area contributed by atoms with Crippen LogP contribution in [0.5, 0.6) is 0 Å². The highest BCUT2D eigenvalue weighted by molar-refractivity contribution is 7.08. The van der Waals surface area contributed by atoms with Gasteiger partial charge < -0.3 is 5.32 Å². The van der Waals surface area contributed by atoms with Gasteiger partial charge in [0.15, 0.2) is 0 Å². The second kappa shape index (κ2) is 4.73. The Labute approximate surface area is 117 Å². The molecule has 2 aliphatic heterocycles. The fraction of sp³-hybridized carbons (Fsp3) is 0.438. The van der Waals surface area contributed by atoms with Crippen LogP contribution in [0, 0.1) is 0 Å². The molecule has 4 rings (SSSR count). The van der Waals surface area contributed by atoms with Crippen molar-refractivity contribution in [1.82, 2.24) is 10.3 Å². The predicted octanol–water partition coefficient (Wildman–Crippen LogP) is 3.81. The van der Waals surface area contributed by atoms with Gasteiger partial charge in [0, 0.05) is 35.5 Å². The SMILES string of the molecule is c1cc(-c2ccc(C3CC4CCC(C3)N4)nc2)cs1. The van der Waals surface area contributed by atoms with E-state index in [1.54, 1.807) is 11.3 Å². The molecule has 2 unspecified atom stereocenters. The Morgan fingerprint density at radius 1 is 1.05 bits per heavy atom. The lowest BCUT2D eigenvalue weighted by atomic mass is 9.89. The third-order valence-corrected chi connectivity index (χ3v) is 5.22. The lowest BCUT2D eigenvalue weighted by molar-refractivity contribution is 0.359. The van der Waals surface area contributed by atoms with Crippen molar-refractivity contribution in [3.8, 4) is 11.1 Å². The number of hydrogen-bond acceptors (Lipinski definition) is 3. The number of thiophene rings is 1. The minimum absolute atomic E-state index is 0.662. The summed E-state index contributed by atoms with van der Waals surface area (Å²) in [5.74, 6) is 0.662. The molecule has 19 heavy (non-hydrogen) atoms. The van der Waals surface area contributed by atoms with Gasteiger partial charge >= 0.3 is 0 Å². The average molecular weight is 270 g/mol. The summed E-state index contributed by atoms with van der Waals surface area (Å²) in [5.41, 5.74) is 3.81. The standard InChI is InChI=1S/C16H18N2S/c1-4-16(13-7-14-2-3-15(8-13)18-14)17-9-11(1)12-5-6-19-10-12/h1,4-6,9-10,13-15,18H,2-3,7-8H2. The van der Waals surface area contributed by atoms with Crippen LogP contribution in [0.4, 0.5) is 0 Å². The molecule has 2 bridgehead atoms. The zero-order chi connectivity index (χ0) is 12.7. The minimum atomic E-state index is 0.662. The quantitative estimate of drug-likeness (QED) is 0.897.